The Labute approximate surface area is 143 Å². The van der Waals surface area contributed by atoms with Gasteiger partial charge in [0, 0.05) is 0 Å². The third kappa shape index (κ3) is 6.45. The molecule has 0 saturated heterocycles. The smallest absolute Gasteiger partial charge is 0.381 e. The molecule has 0 N–H and O–H groups in total. The van der Waals surface area contributed by atoms with Gasteiger partial charge in [0.15, 0.2) is 6.61 Å². The van der Waals surface area contributed by atoms with Crippen LogP contribution in [0.15, 0.2) is 12.2 Å². The van der Waals surface area contributed by atoms with Crippen LogP contribution in [0.4, 0.5) is 35.1 Å². The second-order valence-corrected chi connectivity index (χ2v) is 4.93. The fraction of sp³-hybridized carbons (Fsp3) is 0.714. The number of esters is 2. The summed E-state index contributed by atoms with van der Waals surface area (Å²) in [5.41, 5.74) is 0. The molecule has 0 aliphatic carbocycles. The number of halogens is 8. The lowest BCUT2D eigenvalue weighted by atomic mass is 10.1. The number of allylic oxidation sites excluding steroid dienone is 1. The Bertz CT molecular complexity index is 505. The summed E-state index contributed by atoms with van der Waals surface area (Å²) < 4.78 is 109. The van der Waals surface area contributed by atoms with Crippen molar-refractivity contribution in [3.8, 4) is 0 Å². The zero-order valence-electron chi connectivity index (χ0n) is 13.4. The SMILES string of the molecule is CC/C=C\COC(=O)CCC(=O)OCC(F)(F)C(F)(F)C(F)(F)C(F)F. The molecule has 0 rings (SSSR count). The molecular formula is C14H16F8O4. The summed E-state index contributed by atoms with van der Waals surface area (Å²) in [5, 5.41) is 0. The second-order valence-electron chi connectivity index (χ2n) is 4.93. The van der Waals surface area contributed by atoms with Gasteiger partial charge in [0.25, 0.3) is 0 Å². The molecule has 12 heteroatoms. The van der Waals surface area contributed by atoms with E-state index >= 15 is 0 Å². The quantitative estimate of drug-likeness (QED) is 0.299. The molecule has 26 heavy (non-hydrogen) atoms. The number of carbonyl (C=O) groups excluding carboxylic acids is 2. The topological polar surface area (TPSA) is 52.6 Å². The monoisotopic (exact) mass is 400 g/mol. The van der Waals surface area contributed by atoms with Crippen molar-refractivity contribution >= 4 is 11.9 Å². The highest BCUT2D eigenvalue weighted by molar-refractivity contribution is 5.77. The number of rotatable bonds is 11. The van der Waals surface area contributed by atoms with Gasteiger partial charge in [-0.2, -0.15) is 26.3 Å². The molecule has 0 unspecified atom stereocenters. The van der Waals surface area contributed by atoms with Gasteiger partial charge in [0.1, 0.15) is 6.61 Å². The van der Waals surface area contributed by atoms with Gasteiger partial charge in [-0.25, -0.2) is 8.78 Å². The highest BCUT2D eigenvalue weighted by Gasteiger charge is 2.75. The lowest BCUT2D eigenvalue weighted by Gasteiger charge is -2.31. The van der Waals surface area contributed by atoms with Gasteiger partial charge < -0.3 is 9.47 Å². The van der Waals surface area contributed by atoms with Gasteiger partial charge in [-0.3, -0.25) is 9.59 Å². The third-order valence-electron chi connectivity index (χ3n) is 2.84. The van der Waals surface area contributed by atoms with Crippen molar-refractivity contribution in [3.05, 3.63) is 12.2 Å². The van der Waals surface area contributed by atoms with Gasteiger partial charge in [0.2, 0.25) is 0 Å². The van der Waals surface area contributed by atoms with Crippen molar-refractivity contribution in [2.45, 2.75) is 50.4 Å². The Morgan fingerprint density at radius 2 is 1.42 bits per heavy atom. The highest BCUT2D eigenvalue weighted by Crippen LogP contribution is 2.48. The first kappa shape index (κ1) is 24.1. The van der Waals surface area contributed by atoms with Gasteiger partial charge >= 0.3 is 36.1 Å². The molecule has 0 atom stereocenters. The molecule has 0 fully saturated rings. The van der Waals surface area contributed by atoms with E-state index in [4.69, 9.17) is 0 Å². The predicted molar refractivity (Wildman–Crippen MR) is 71.4 cm³/mol. The van der Waals surface area contributed by atoms with Crippen molar-refractivity contribution in [1.29, 1.82) is 0 Å². The molecule has 0 aromatic heterocycles. The van der Waals surface area contributed by atoms with Crippen molar-refractivity contribution in [2.24, 2.45) is 0 Å². The number of hydrogen-bond acceptors (Lipinski definition) is 4. The van der Waals surface area contributed by atoms with E-state index in [1.165, 1.54) is 6.08 Å². The molecule has 4 nitrogen and oxygen atoms in total. The standard InChI is InChI=1S/C14H16F8O4/c1-2-3-4-7-25-9(23)5-6-10(24)26-8-12(17,18)14(21,22)13(19,20)11(15)16/h3-4,11H,2,5-8H2,1H3/b4-3-. The van der Waals surface area contributed by atoms with Crippen molar-refractivity contribution in [1.82, 2.24) is 0 Å². The summed E-state index contributed by atoms with van der Waals surface area (Å²) in [5.74, 6) is -21.1. The Hall–Kier alpha value is -1.88. The van der Waals surface area contributed by atoms with Gasteiger partial charge in [-0.05, 0) is 6.42 Å². The van der Waals surface area contributed by atoms with E-state index in [0.29, 0.717) is 6.42 Å². The zero-order chi connectivity index (χ0) is 20.6. The molecule has 0 spiro atoms. The summed E-state index contributed by atoms with van der Waals surface area (Å²) in [6.45, 7) is -0.866. The highest BCUT2D eigenvalue weighted by atomic mass is 19.4. The lowest BCUT2D eigenvalue weighted by Crippen LogP contribution is -2.59. The molecular weight excluding hydrogens is 384 g/mol. The maximum absolute atomic E-state index is 13.1. The lowest BCUT2D eigenvalue weighted by molar-refractivity contribution is -0.344. The Morgan fingerprint density at radius 3 is 1.88 bits per heavy atom. The first-order valence-corrected chi connectivity index (χ1v) is 7.17. The number of hydrogen-bond donors (Lipinski definition) is 0. The summed E-state index contributed by atoms with van der Waals surface area (Å²) in [4.78, 5) is 22.3. The average Bonchev–Trinajstić information content (AvgIpc) is 2.54. The zero-order valence-corrected chi connectivity index (χ0v) is 13.4. The molecule has 0 heterocycles. The van der Waals surface area contributed by atoms with Crippen molar-refractivity contribution in [2.75, 3.05) is 13.2 Å². The maximum Gasteiger partial charge on any atom is 0.381 e. The molecule has 0 saturated carbocycles. The average molecular weight is 400 g/mol. The number of ether oxygens (including phenoxy) is 2. The molecule has 0 aromatic rings. The van der Waals surface area contributed by atoms with Crippen LogP contribution in [-0.4, -0.2) is 49.3 Å². The van der Waals surface area contributed by atoms with Crippen molar-refractivity contribution in [3.63, 3.8) is 0 Å². The molecule has 0 aliphatic rings. The van der Waals surface area contributed by atoms with Crippen LogP contribution in [-0.2, 0) is 19.1 Å². The largest absolute Gasteiger partial charge is 0.461 e. The Balaban J connectivity index is 4.52. The second kappa shape index (κ2) is 9.72. The van der Waals surface area contributed by atoms with Crippen LogP contribution < -0.4 is 0 Å². The fourth-order valence-electron chi connectivity index (χ4n) is 1.37. The van der Waals surface area contributed by atoms with E-state index in [1.807, 2.05) is 6.92 Å². The fourth-order valence-corrected chi connectivity index (χ4v) is 1.37. The first-order valence-electron chi connectivity index (χ1n) is 7.17. The van der Waals surface area contributed by atoms with E-state index in [1.54, 1.807) is 6.08 Å². The van der Waals surface area contributed by atoms with Crippen LogP contribution in [0.3, 0.4) is 0 Å². The summed E-state index contributed by atoms with van der Waals surface area (Å²) in [6, 6.07) is 0. The predicted octanol–water partition coefficient (Wildman–Crippen LogP) is 3.99. The van der Waals surface area contributed by atoms with E-state index < -0.39 is 55.6 Å². The first-order chi connectivity index (χ1) is 11.8. The van der Waals surface area contributed by atoms with Crippen LogP contribution >= 0.6 is 0 Å². The van der Waals surface area contributed by atoms with E-state index in [9.17, 15) is 44.7 Å². The summed E-state index contributed by atoms with van der Waals surface area (Å²) >= 11 is 0. The maximum atomic E-state index is 13.1. The van der Waals surface area contributed by atoms with Crippen LogP contribution in [0, 0.1) is 0 Å². The van der Waals surface area contributed by atoms with Crippen LogP contribution in [0.5, 0.6) is 0 Å². The molecule has 0 aliphatic heterocycles. The van der Waals surface area contributed by atoms with Crippen LogP contribution in [0.2, 0.25) is 0 Å². The van der Waals surface area contributed by atoms with Crippen molar-refractivity contribution < 1.29 is 54.2 Å². The van der Waals surface area contributed by atoms with Gasteiger partial charge in [-0.15, -0.1) is 0 Å². The van der Waals surface area contributed by atoms with E-state index in [-0.39, 0.29) is 6.61 Å². The minimum Gasteiger partial charge on any atom is -0.461 e. The van der Waals surface area contributed by atoms with Gasteiger partial charge in [-0.1, -0.05) is 19.1 Å². The number of carbonyl (C=O) groups is 2. The molecule has 152 valence electrons. The summed E-state index contributed by atoms with van der Waals surface area (Å²) in [6.07, 6.45) is -2.73. The van der Waals surface area contributed by atoms with E-state index in [2.05, 4.69) is 9.47 Å². The molecule has 0 amide bonds. The van der Waals surface area contributed by atoms with E-state index in [0.717, 1.165) is 0 Å². The Kier molecular flexibility index (Phi) is 9.01. The Morgan fingerprint density at radius 1 is 0.923 bits per heavy atom. The summed E-state index contributed by atoms with van der Waals surface area (Å²) in [7, 11) is 0. The third-order valence-corrected chi connectivity index (χ3v) is 2.84. The minimum atomic E-state index is -6.46. The minimum absolute atomic E-state index is 0.116. The van der Waals surface area contributed by atoms with Crippen LogP contribution in [0.1, 0.15) is 26.2 Å². The van der Waals surface area contributed by atoms with Gasteiger partial charge in [0.05, 0.1) is 12.8 Å². The normalized spacial score (nSPS) is 13.3. The number of alkyl halides is 8. The molecule has 0 bridgehead atoms. The molecule has 0 aromatic carbocycles. The molecule has 0 radical (unpaired) electrons. The van der Waals surface area contributed by atoms with Crippen LogP contribution in [0.25, 0.3) is 0 Å².